The van der Waals surface area contributed by atoms with E-state index in [0.717, 1.165) is 36.1 Å². The summed E-state index contributed by atoms with van der Waals surface area (Å²) in [7, 11) is 0. The molecule has 1 nitrogen and oxygen atoms in total. The minimum atomic E-state index is 0. The zero-order valence-electron chi connectivity index (χ0n) is 12.2. The third-order valence-electron chi connectivity index (χ3n) is 7.09. The van der Waals surface area contributed by atoms with Crippen LogP contribution in [-0.4, -0.2) is 6.54 Å². The van der Waals surface area contributed by atoms with E-state index in [1.165, 1.54) is 25.7 Å². The molecular weight excluding hydrogens is 254 g/mol. The van der Waals surface area contributed by atoms with Crippen LogP contribution in [-0.2, 0) is 0 Å². The molecule has 0 heterocycles. The van der Waals surface area contributed by atoms with Crippen molar-refractivity contribution in [2.45, 2.75) is 64.2 Å². The normalized spacial score (nSPS) is 46.3. The van der Waals surface area contributed by atoms with E-state index < -0.39 is 0 Å². The SMILES string of the molecule is Cl.NCC(C1CCCC1)C12CC3CC(CC(C3)C1)C2. The third-order valence-corrected chi connectivity index (χ3v) is 7.09. The van der Waals surface area contributed by atoms with Crippen molar-refractivity contribution >= 4 is 12.4 Å². The minimum absolute atomic E-state index is 0. The molecule has 1 unspecified atom stereocenters. The Morgan fingerprint density at radius 3 is 1.79 bits per heavy atom. The van der Waals surface area contributed by atoms with Gasteiger partial charge in [0.2, 0.25) is 0 Å². The zero-order valence-corrected chi connectivity index (χ0v) is 13.0. The van der Waals surface area contributed by atoms with E-state index in [2.05, 4.69) is 0 Å². The highest BCUT2D eigenvalue weighted by Crippen LogP contribution is 2.64. The Morgan fingerprint density at radius 2 is 1.37 bits per heavy atom. The Balaban J connectivity index is 0.00000110. The fraction of sp³-hybridized carbons (Fsp3) is 1.00. The Morgan fingerprint density at radius 1 is 0.895 bits per heavy atom. The van der Waals surface area contributed by atoms with Crippen molar-refractivity contribution in [3.63, 3.8) is 0 Å². The van der Waals surface area contributed by atoms with E-state index in [9.17, 15) is 0 Å². The number of hydrogen-bond donors (Lipinski definition) is 1. The topological polar surface area (TPSA) is 26.0 Å². The molecular formula is C17H30ClN. The Kier molecular flexibility index (Phi) is 3.90. The van der Waals surface area contributed by atoms with Crippen LogP contribution in [0.3, 0.4) is 0 Å². The first-order valence-corrected chi connectivity index (χ1v) is 8.49. The Bertz CT molecular complexity index is 286. The van der Waals surface area contributed by atoms with Crippen molar-refractivity contribution in [1.82, 2.24) is 0 Å². The van der Waals surface area contributed by atoms with E-state index in [4.69, 9.17) is 5.73 Å². The van der Waals surface area contributed by atoms with E-state index >= 15 is 0 Å². The molecule has 0 radical (unpaired) electrons. The summed E-state index contributed by atoms with van der Waals surface area (Å²) in [5, 5.41) is 0. The molecule has 0 saturated heterocycles. The van der Waals surface area contributed by atoms with Gasteiger partial charge in [-0.3, -0.25) is 0 Å². The van der Waals surface area contributed by atoms with Crippen LogP contribution in [0.4, 0.5) is 0 Å². The summed E-state index contributed by atoms with van der Waals surface area (Å²) < 4.78 is 0. The lowest BCUT2D eigenvalue weighted by atomic mass is 9.45. The lowest BCUT2D eigenvalue weighted by Gasteiger charge is -2.60. The maximum atomic E-state index is 6.27. The van der Waals surface area contributed by atoms with Gasteiger partial charge in [-0.2, -0.15) is 0 Å². The van der Waals surface area contributed by atoms with Crippen molar-refractivity contribution in [2.24, 2.45) is 40.7 Å². The molecule has 0 spiro atoms. The van der Waals surface area contributed by atoms with Crippen LogP contribution in [0.25, 0.3) is 0 Å². The fourth-order valence-electron chi connectivity index (χ4n) is 6.93. The number of hydrogen-bond acceptors (Lipinski definition) is 1. The first-order valence-electron chi connectivity index (χ1n) is 8.49. The van der Waals surface area contributed by atoms with Crippen molar-refractivity contribution in [2.75, 3.05) is 6.54 Å². The molecule has 4 bridgehead atoms. The molecule has 1 atom stereocenters. The van der Waals surface area contributed by atoms with E-state index in [-0.39, 0.29) is 12.4 Å². The van der Waals surface area contributed by atoms with Crippen LogP contribution in [0.2, 0.25) is 0 Å². The summed E-state index contributed by atoms with van der Waals surface area (Å²) >= 11 is 0. The number of rotatable bonds is 3. The second-order valence-corrected chi connectivity index (χ2v) is 8.17. The van der Waals surface area contributed by atoms with Crippen molar-refractivity contribution in [3.05, 3.63) is 0 Å². The molecule has 0 aromatic rings. The molecule has 0 aromatic carbocycles. The van der Waals surface area contributed by atoms with Gasteiger partial charge in [0.05, 0.1) is 0 Å². The third kappa shape index (κ3) is 2.25. The summed E-state index contributed by atoms with van der Waals surface area (Å²) in [6.07, 6.45) is 15.3. The van der Waals surface area contributed by atoms with Gasteiger partial charge in [0.1, 0.15) is 0 Å². The highest BCUT2D eigenvalue weighted by molar-refractivity contribution is 5.85. The highest BCUT2D eigenvalue weighted by Gasteiger charge is 2.55. The van der Waals surface area contributed by atoms with Gasteiger partial charge in [0, 0.05) is 0 Å². The lowest BCUT2D eigenvalue weighted by molar-refractivity contribution is -0.0981. The summed E-state index contributed by atoms with van der Waals surface area (Å²) in [4.78, 5) is 0. The van der Waals surface area contributed by atoms with Crippen LogP contribution in [0.1, 0.15) is 64.2 Å². The van der Waals surface area contributed by atoms with Gasteiger partial charge in [-0.25, -0.2) is 0 Å². The van der Waals surface area contributed by atoms with Crippen LogP contribution in [0.15, 0.2) is 0 Å². The van der Waals surface area contributed by atoms with Crippen LogP contribution >= 0.6 is 12.4 Å². The maximum absolute atomic E-state index is 6.27. The average Bonchev–Trinajstić information content (AvgIpc) is 2.81. The molecule has 0 aromatic heterocycles. The zero-order chi connectivity index (χ0) is 12.2. The fourth-order valence-corrected chi connectivity index (χ4v) is 6.93. The van der Waals surface area contributed by atoms with Gasteiger partial charge in [-0.15, -0.1) is 12.4 Å². The molecule has 5 aliphatic rings. The predicted molar refractivity (Wildman–Crippen MR) is 82.4 cm³/mol. The quantitative estimate of drug-likeness (QED) is 0.817. The average molecular weight is 284 g/mol. The molecule has 0 aliphatic heterocycles. The van der Waals surface area contributed by atoms with Crippen molar-refractivity contribution in [1.29, 1.82) is 0 Å². The van der Waals surface area contributed by atoms with Gasteiger partial charge < -0.3 is 5.73 Å². The summed E-state index contributed by atoms with van der Waals surface area (Å²) in [6.45, 7) is 0.983. The standard InChI is InChI=1S/C17H29N.ClH/c18-11-16(15-3-1-2-4-15)17-8-12-5-13(9-17)7-14(6-12)10-17;/h12-16H,1-11,18H2;1H. The largest absolute Gasteiger partial charge is 0.330 e. The summed E-state index contributed by atoms with van der Waals surface area (Å²) in [5.41, 5.74) is 6.98. The Labute approximate surface area is 124 Å². The molecule has 110 valence electrons. The molecule has 5 rings (SSSR count). The summed E-state index contributed by atoms with van der Waals surface area (Å²) in [5.74, 6) is 5.14. The maximum Gasteiger partial charge on any atom is -0.00409 e. The second-order valence-electron chi connectivity index (χ2n) is 8.17. The van der Waals surface area contributed by atoms with Crippen LogP contribution < -0.4 is 5.73 Å². The summed E-state index contributed by atoms with van der Waals surface area (Å²) in [6, 6.07) is 0. The lowest BCUT2D eigenvalue weighted by Crippen LogP contribution is -2.52. The molecule has 0 amide bonds. The van der Waals surface area contributed by atoms with Gasteiger partial charge in [-0.1, -0.05) is 25.7 Å². The second kappa shape index (κ2) is 5.22. The molecule has 19 heavy (non-hydrogen) atoms. The molecule has 5 fully saturated rings. The predicted octanol–water partition coefficient (Wildman–Crippen LogP) is 4.39. The van der Waals surface area contributed by atoms with Gasteiger partial charge >= 0.3 is 0 Å². The van der Waals surface area contributed by atoms with Crippen LogP contribution in [0, 0.1) is 35.0 Å². The number of halogens is 1. The first-order chi connectivity index (χ1) is 8.79. The van der Waals surface area contributed by atoms with Gasteiger partial charge in [-0.05, 0) is 80.1 Å². The van der Waals surface area contributed by atoms with E-state index in [1.54, 1.807) is 38.5 Å². The van der Waals surface area contributed by atoms with Gasteiger partial charge in [0.15, 0.2) is 0 Å². The number of nitrogens with two attached hydrogens (primary N) is 1. The molecule has 2 heteroatoms. The van der Waals surface area contributed by atoms with Crippen molar-refractivity contribution < 1.29 is 0 Å². The highest BCUT2D eigenvalue weighted by atomic mass is 35.5. The molecule has 5 saturated carbocycles. The molecule has 5 aliphatic carbocycles. The van der Waals surface area contributed by atoms with Crippen molar-refractivity contribution in [3.8, 4) is 0 Å². The molecule has 2 N–H and O–H groups in total. The van der Waals surface area contributed by atoms with E-state index in [1.807, 2.05) is 0 Å². The smallest absolute Gasteiger partial charge is 0.00409 e. The first kappa shape index (κ1) is 14.2. The van der Waals surface area contributed by atoms with Crippen LogP contribution in [0.5, 0.6) is 0 Å². The Hall–Kier alpha value is 0.250. The van der Waals surface area contributed by atoms with Gasteiger partial charge in [0.25, 0.3) is 0 Å². The van der Waals surface area contributed by atoms with E-state index in [0.29, 0.717) is 5.41 Å². The minimum Gasteiger partial charge on any atom is -0.330 e. The monoisotopic (exact) mass is 283 g/mol.